The standard InChI is InChI=1S/C10H18N2O3S/c1-16(14,15)10-8-11-12(9-10)6-4-2-3-5-7-13/h8-9,13H,2-7H2,1H3. The third-order valence-electron chi connectivity index (χ3n) is 2.33. The van der Waals surface area contributed by atoms with Crippen molar-refractivity contribution in [2.45, 2.75) is 37.1 Å². The van der Waals surface area contributed by atoms with Crippen LogP contribution in [0, 0.1) is 0 Å². The molecule has 1 aromatic heterocycles. The largest absolute Gasteiger partial charge is 0.396 e. The predicted molar refractivity (Wildman–Crippen MR) is 60.9 cm³/mol. The molecule has 16 heavy (non-hydrogen) atoms. The lowest BCUT2D eigenvalue weighted by Gasteiger charge is -2.00. The molecular weight excluding hydrogens is 228 g/mol. The molecule has 0 bridgehead atoms. The summed E-state index contributed by atoms with van der Waals surface area (Å²) in [5.41, 5.74) is 0. The van der Waals surface area contributed by atoms with Crippen molar-refractivity contribution in [1.82, 2.24) is 9.78 Å². The highest BCUT2D eigenvalue weighted by atomic mass is 32.2. The number of aliphatic hydroxyl groups is 1. The average Bonchev–Trinajstić information content (AvgIpc) is 2.65. The van der Waals surface area contributed by atoms with Crippen LogP contribution in [0.25, 0.3) is 0 Å². The Bertz CT molecular complexity index is 411. The van der Waals surface area contributed by atoms with E-state index in [0.717, 1.165) is 32.2 Å². The molecule has 1 heterocycles. The Morgan fingerprint density at radius 1 is 1.31 bits per heavy atom. The van der Waals surface area contributed by atoms with Crippen LogP contribution in [0.2, 0.25) is 0 Å². The van der Waals surface area contributed by atoms with Gasteiger partial charge in [-0.25, -0.2) is 8.42 Å². The van der Waals surface area contributed by atoms with Gasteiger partial charge in [-0.2, -0.15) is 5.10 Å². The molecule has 0 aliphatic carbocycles. The number of aromatic nitrogens is 2. The van der Waals surface area contributed by atoms with Gasteiger partial charge in [0, 0.05) is 25.6 Å². The molecular formula is C10H18N2O3S. The highest BCUT2D eigenvalue weighted by Crippen LogP contribution is 2.08. The van der Waals surface area contributed by atoms with E-state index in [1.54, 1.807) is 10.9 Å². The molecule has 0 aromatic carbocycles. The van der Waals surface area contributed by atoms with Gasteiger partial charge < -0.3 is 5.11 Å². The first kappa shape index (κ1) is 13.2. The van der Waals surface area contributed by atoms with Gasteiger partial charge in [-0.15, -0.1) is 0 Å². The van der Waals surface area contributed by atoms with Gasteiger partial charge >= 0.3 is 0 Å². The van der Waals surface area contributed by atoms with Gasteiger partial charge in [0.25, 0.3) is 0 Å². The maximum absolute atomic E-state index is 11.2. The predicted octanol–water partition coefficient (Wildman–Crippen LogP) is 0.839. The molecule has 0 atom stereocenters. The smallest absolute Gasteiger partial charge is 0.178 e. The summed E-state index contributed by atoms with van der Waals surface area (Å²) in [6.45, 7) is 0.959. The minimum atomic E-state index is -3.14. The van der Waals surface area contributed by atoms with E-state index in [4.69, 9.17) is 5.11 Å². The van der Waals surface area contributed by atoms with E-state index in [0.29, 0.717) is 0 Å². The molecule has 1 aromatic rings. The second-order valence-corrected chi connectivity index (χ2v) is 5.86. The van der Waals surface area contributed by atoms with Crippen LogP contribution < -0.4 is 0 Å². The number of unbranched alkanes of at least 4 members (excludes halogenated alkanes) is 3. The number of aliphatic hydroxyl groups excluding tert-OH is 1. The monoisotopic (exact) mass is 246 g/mol. The van der Waals surface area contributed by atoms with Crippen LogP contribution in [-0.2, 0) is 16.4 Å². The van der Waals surface area contributed by atoms with Crippen molar-refractivity contribution in [2.75, 3.05) is 12.9 Å². The number of nitrogens with zero attached hydrogens (tertiary/aromatic N) is 2. The second-order valence-electron chi connectivity index (χ2n) is 3.85. The van der Waals surface area contributed by atoms with Gasteiger partial charge in [0.15, 0.2) is 9.84 Å². The van der Waals surface area contributed by atoms with Crippen LogP contribution in [0.1, 0.15) is 25.7 Å². The molecule has 1 rings (SSSR count). The van der Waals surface area contributed by atoms with E-state index in [2.05, 4.69) is 5.10 Å². The summed E-state index contributed by atoms with van der Waals surface area (Å²) in [4.78, 5) is 0.267. The van der Waals surface area contributed by atoms with Crippen molar-refractivity contribution >= 4 is 9.84 Å². The number of sulfone groups is 1. The molecule has 0 aliphatic rings. The lowest BCUT2D eigenvalue weighted by molar-refractivity contribution is 0.282. The molecule has 0 saturated carbocycles. The first-order valence-electron chi connectivity index (χ1n) is 5.37. The fourth-order valence-corrected chi connectivity index (χ4v) is 1.95. The SMILES string of the molecule is CS(=O)(=O)c1cnn(CCCCCCO)c1. The van der Waals surface area contributed by atoms with E-state index in [1.807, 2.05) is 0 Å². The van der Waals surface area contributed by atoms with Crippen LogP contribution in [0.15, 0.2) is 17.3 Å². The third kappa shape index (κ3) is 4.32. The van der Waals surface area contributed by atoms with Gasteiger partial charge in [-0.05, 0) is 12.8 Å². The van der Waals surface area contributed by atoms with E-state index < -0.39 is 9.84 Å². The third-order valence-corrected chi connectivity index (χ3v) is 3.40. The minimum absolute atomic E-state index is 0.236. The van der Waals surface area contributed by atoms with Crippen molar-refractivity contribution < 1.29 is 13.5 Å². The Kier molecular flexibility index (Phi) is 4.95. The van der Waals surface area contributed by atoms with E-state index in [9.17, 15) is 8.42 Å². The second kappa shape index (κ2) is 6.00. The average molecular weight is 246 g/mol. The normalized spacial score (nSPS) is 11.9. The van der Waals surface area contributed by atoms with Crippen molar-refractivity contribution in [2.24, 2.45) is 0 Å². The van der Waals surface area contributed by atoms with Gasteiger partial charge in [-0.1, -0.05) is 12.8 Å². The van der Waals surface area contributed by atoms with Gasteiger partial charge in [0.1, 0.15) is 4.90 Å². The molecule has 6 heteroatoms. The maximum atomic E-state index is 11.2. The summed E-state index contributed by atoms with van der Waals surface area (Å²) >= 11 is 0. The Morgan fingerprint density at radius 2 is 2.00 bits per heavy atom. The number of hydrogen-bond donors (Lipinski definition) is 1. The first-order chi connectivity index (χ1) is 7.54. The lowest BCUT2D eigenvalue weighted by atomic mass is 10.2. The summed E-state index contributed by atoms with van der Waals surface area (Å²) in [6, 6.07) is 0. The molecule has 0 spiro atoms. The minimum Gasteiger partial charge on any atom is -0.396 e. The Labute approximate surface area is 96.0 Å². The summed E-state index contributed by atoms with van der Waals surface area (Å²) < 4.78 is 24.0. The van der Waals surface area contributed by atoms with Gasteiger partial charge in [0.2, 0.25) is 0 Å². The van der Waals surface area contributed by atoms with Crippen LogP contribution in [0.5, 0.6) is 0 Å². The molecule has 92 valence electrons. The molecule has 0 fully saturated rings. The van der Waals surface area contributed by atoms with E-state index in [1.165, 1.54) is 12.5 Å². The van der Waals surface area contributed by atoms with Crippen LogP contribution in [-0.4, -0.2) is 36.2 Å². The van der Waals surface area contributed by atoms with Crippen LogP contribution >= 0.6 is 0 Å². The van der Waals surface area contributed by atoms with E-state index >= 15 is 0 Å². The van der Waals surface area contributed by atoms with Crippen molar-refractivity contribution in [3.05, 3.63) is 12.4 Å². The lowest BCUT2D eigenvalue weighted by Crippen LogP contribution is -1.99. The number of hydrogen-bond acceptors (Lipinski definition) is 4. The maximum Gasteiger partial charge on any atom is 0.178 e. The first-order valence-corrected chi connectivity index (χ1v) is 7.26. The zero-order valence-corrected chi connectivity index (χ0v) is 10.3. The fraction of sp³-hybridized carbons (Fsp3) is 0.700. The van der Waals surface area contributed by atoms with Gasteiger partial charge in [0.05, 0.1) is 6.20 Å². The van der Waals surface area contributed by atoms with Crippen molar-refractivity contribution in [3.8, 4) is 0 Å². The fourth-order valence-electron chi connectivity index (χ4n) is 1.40. The zero-order valence-electron chi connectivity index (χ0n) is 9.46. The van der Waals surface area contributed by atoms with E-state index in [-0.39, 0.29) is 11.5 Å². The Hall–Kier alpha value is -0.880. The van der Waals surface area contributed by atoms with Crippen molar-refractivity contribution in [1.29, 1.82) is 0 Å². The van der Waals surface area contributed by atoms with Gasteiger partial charge in [-0.3, -0.25) is 4.68 Å². The molecule has 0 aliphatic heterocycles. The number of aryl methyl sites for hydroxylation is 1. The number of rotatable bonds is 7. The zero-order chi connectivity index (χ0) is 12.0. The molecule has 0 saturated heterocycles. The Balaban J connectivity index is 2.36. The summed E-state index contributed by atoms with van der Waals surface area (Å²) in [5, 5.41) is 12.6. The summed E-state index contributed by atoms with van der Waals surface area (Å²) in [6.07, 6.45) is 7.91. The molecule has 5 nitrogen and oxygen atoms in total. The quantitative estimate of drug-likeness (QED) is 0.724. The molecule has 1 N–H and O–H groups in total. The summed E-state index contributed by atoms with van der Waals surface area (Å²) in [7, 11) is -3.14. The summed E-state index contributed by atoms with van der Waals surface area (Å²) in [5.74, 6) is 0. The Morgan fingerprint density at radius 3 is 2.56 bits per heavy atom. The molecule has 0 amide bonds. The highest BCUT2D eigenvalue weighted by Gasteiger charge is 2.09. The molecule has 0 unspecified atom stereocenters. The van der Waals surface area contributed by atoms with Crippen LogP contribution in [0.4, 0.5) is 0 Å². The molecule has 0 radical (unpaired) electrons. The van der Waals surface area contributed by atoms with Crippen molar-refractivity contribution in [3.63, 3.8) is 0 Å². The topological polar surface area (TPSA) is 72.2 Å². The highest BCUT2D eigenvalue weighted by molar-refractivity contribution is 7.90. The van der Waals surface area contributed by atoms with Crippen LogP contribution in [0.3, 0.4) is 0 Å².